The van der Waals surface area contributed by atoms with E-state index in [0.29, 0.717) is 6.42 Å². The second-order valence-corrected chi connectivity index (χ2v) is 5.48. The molecular weight excluding hydrogens is 238 g/mol. The van der Waals surface area contributed by atoms with Crippen molar-refractivity contribution in [2.45, 2.75) is 33.1 Å². The van der Waals surface area contributed by atoms with Crippen LogP contribution in [-0.2, 0) is 11.2 Å². The maximum atomic E-state index is 11.0. The van der Waals surface area contributed by atoms with Gasteiger partial charge in [0.15, 0.2) is 0 Å². The normalized spacial score (nSPS) is 10.8. The van der Waals surface area contributed by atoms with Crippen LogP contribution in [0.15, 0.2) is 24.3 Å². The standard InChI is InChI=1S/C15H21N3O/c1-15(2,8-5-9-16)11-18-13-7-4-3-6-12(13)10-14(17)19/h3-4,6-7,18H,5,8,10-11H2,1-2H3,(H2,17,19). The summed E-state index contributed by atoms with van der Waals surface area (Å²) in [5, 5.41) is 12.0. The fourth-order valence-electron chi connectivity index (χ4n) is 1.85. The van der Waals surface area contributed by atoms with Gasteiger partial charge in [-0.25, -0.2) is 0 Å². The quantitative estimate of drug-likeness (QED) is 0.789. The third kappa shape index (κ3) is 5.43. The second-order valence-electron chi connectivity index (χ2n) is 5.48. The maximum absolute atomic E-state index is 11.0. The molecule has 0 heterocycles. The number of nitrogens with two attached hydrogens (primary N) is 1. The van der Waals surface area contributed by atoms with Crippen molar-refractivity contribution in [2.75, 3.05) is 11.9 Å². The third-order valence-corrected chi connectivity index (χ3v) is 3.05. The number of nitriles is 1. The van der Waals surface area contributed by atoms with E-state index < -0.39 is 0 Å². The van der Waals surface area contributed by atoms with Crippen molar-refractivity contribution in [3.63, 3.8) is 0 Å². The average Bonchev–Trinajstić information content (AvgIpc) is 2.35. The Balaban J connectivity index is 2.67. The number of benzene rings is 1. The van der Waals surface area contributed by atoms with Crippen LogP contribution in [0.3, 0.4) is 0 Å². The number of anilines is 1. The van der Waals surface area contributed by atoms with Crippen molar-refractivity contribution < 1.29 is 4.79 Å². The van der Waals surface area contributed by atoms with Gasteiger partial charge in [-0.2, -0.15) is 5.26 Å². The van der Waals surface area contributed by atoms with E-state index in [2.05, 4.69) is 25.2 Å². The second kappa shape index (κ2) is 6.79. The SMILES string of the molecule is CC(C)(CCC#N)CNc1ccccc1CC(N)=O. The monoisotopic (exact) mass is 259 g/mol. The molecule has 3 N–H and O–H groups in total. The molecule has 1 aromatic carbocycles. The number of nitrogens with zero attached hydrogens (tertiary/aromatic N) is 1. The van der Waals surface area contributed by atoms with Gasteiger partial charge in [-0.05, 0) is 23.5 Å². The molecule has 0 saturated heterocycles. The molecule has 1 rings (SSSR count). The molecule has 0 aliphatic heterocycles. The lowest BCUT2D eigenvalue weighted by molar-refractivity contribution is -0.117. The largest absolute Gasteiger partial charge is 0.384 e. The fraction of sp³-hybridized carbons (Fsp3) is 0.467. The van der Waals surface area contributed by atoms with Gasteiger partial charge < -0.3 is 11.1 Å². The van der Waals surface area contributed by atoms with Gasteiger partial charge in [0, 0.05) is 18.7 Å². The van der Waals surface area contributed by atoms with E-state index in [1.165, 1.54) is 0 Å². The molecule has 19 heavy (non-hydrogen) atoms. The Labute approximate surface area is 114 Å². The van der Waals surface area contributed by atoms with Crippen molar-refractivity contribution >= 4 is 11.6 Å². The van der Waals surface area contributed by atoms with Crippen LogP contribution in [0.1, 0.15) is 32.3 Å². The van der Waals surface area contributed by atoms with Gasteiger partial charge >= 0.3 is 0 Å². The fourth-order valence-corrected chi connectivity index (χ4v) is 1.85. The zero-order chi connectivity index (χ0) is 14.3. The third-order valence-electron chi connectivity index (χ3n) is 3.05. The highest BCUT2D eigenvalue weighted by atomic mass is 16.1. The first-order chi connectivity index (χ1) is 8.94. The summed E-state index contributed by atoms with van der Waals surface area (Å²) < 4.78 is 0. The van der Waals surface area contributed by atoms with Gasteiger partial charge in [0.1, 0.15) is 0 Å². The molecule has 0 spiro atoms. The Bertz CT molecular complexity index is 475. The van der Waals surface area contributed by atoms with E-state index in [-0.39, 0.29) is 17.7 Å². The zero-order valence-corrected chi connectivity index (χ0v) is 11.6. The minimum atomic E-state index is -0.335. The summed E-state index contributed by atoms with van der Waals surface area (Å²) in [6.45, 7) is 4.99. The van der Waals surface area contributed by atoms with Crippen LogP contribution in [0.5, 0.6) is 0 Å². The van der Waals surface area contributed by atoms with E-state index in [4.69, 9.17) is 11.0 Å². The number of nitrogens with one attached hydrogen (secondary N) is 1. The maximum Gasteiger partial charge on any atom is 0.221 e. The van der Waals surface area contributed by atoms with Gasteiger partial charge in [-0.3, -0.25) is 4.79 Å². The number of hydrogen-bond donors (Lipinski definition) is 2. The lowest BCUT2D eigenvalue weighted by Gasteiger charge is -2.25. The molecule has 0 unspecified atom stereocenters. The first-order valence-electron chi connectivity index (χ1n) is 6.42. The van der Waals surface area contributed by atoms with Gasteiger partial charge in [0.05, 0.1) is 12.5 Å². The van der Waals surface area contributed by atoms with Crippen LogP contribution in [0, 0.1) is 16.7 Å². The highest BCUT2D eigenvalue weighted by Crippen LogP contribution is 2.24. The lowest BCUT2D eigenvalue weighted by atomic mass is 9.88. The Morgan fingerprint density at radius 1 is 1.42 bits per heavy atom. The summed E-state index contributed by atoms with van der Waals surface area (Å²) in [4.78, 5) is 11.0. The van der Waals surface area contributed by atoms with Gasteiger partial charge in [-0.15, -0.1) is 0 Å². The molecule has 0 radical (unpaired) electrons. The molecule has 1 aromatic rings. The number of hydrogen-bond acceptors (Lipinski definition) is 3. The molecule has 102 valence electrons. The molecule has 1 amide bonds. The van der Waals surface area contributed by atoms with E-state index in [1.807, 2.05) is 24.3 Å². The number of para-hydroxylation sites is 1. The Hall–Kier alpha value is -2.02. The Kier molecular flexibility index (Phi) is 5.37. The van der Waals surface area contributed by atoms with Crippen molar-refractivity contribution in [3.05, 3.63) is 29.8 Å². The summed E-state index contributed by atoms with van der Waals surface area (Å²) >= 11 is 0. The van der Waals surface area contributed by atoms with Gasteiger partial charge in [-0.1, -0.05) is 32.0 Å². The van der Waals surface area contributed by atoms with E-state index in [9.17, 15) is 4.79 Å². The van der Waals surface area contributed by atoms with Crippen molar-refractivity contribution in [2.24, 2.45) is 11.1 Å². The topological polar surface area (TPSA) is 78.9 Å². The molecule has 4 nitrogen and oxygen atoms in total. The zero-order valence-electron chi connectivity index (χ0n) is 11.6. The molecule has 0 fully saturated rings. The molecule has 0 aliphatic carbocycles. The predicted molar refractivity (Wildman–Crippen MR) is 76.5 cm³/mol. The number of carbonyl (C=O) groups is 1. The van der Waals surface area contributed by atoms with Crippen LogP contribution in [0.25, 0.3) is 0 Å². The van der Waals surface area contributed by atoms with E-state index in [1.54, 1.807) is 0 Å². The Morgan fingerprint density at radius 3 is 2.74 bits per heavy atom. The van der Waals surface area contributed by atoms with Crippen LogP contribution in [0.4, 0.5) is 5.69 Å². The molecule has 0 aliphatic rings. The number of primary amides is 1. The first kappa shape index (κ1) is 15.0. The highest BCUT2D eigenvalue weighted by Gasteiger charge is 2.17. The van der Waals surface area contributed by atoms with E-state index >= 15 is 0 Å². The van der Waals surface area contributed by atoms with Crippen LogP contribution >= 0.6 is 0 Å². The molecule has 0 bridgehead atoms. The molecule has 0 atom stereocenters. The molecular formula is C15H21N3O. The van der Waals surface area contributed by atoms with Gasteiger partial charge in [0.2, 0.25) is 5.91 Å². The summed E-state index contributed by atoms with van der Waals surface area (Å²) in [6, 6.07) is 9.83. The first-order valence-corrected chi connectivity index (χ1v) is 6.42. The van der Waals surface area contributed by atoms with Crippen LogP contribution < -0.4 is 11.1 Å². The summed E-state index contributed by atoms with van der Waals surface area (Å²) in [5.41, 5.74) is 7.12. The smallest absolute Gasteiger partial charge is 0.221 e. The van der Waals surface area contributed by atoms with Crippen LogP contribution in [0.2, 0.25) is 0 Å². The highest BCUT2D eigenvalue weighted by molar-refractivity contribution is 5.78. The summed E-state index contributed by atoms with van der Waals surface area (Å²) in [5.74, 6) is -0.335. The van der Waals surface area contributed by atoms with Crippen molar-refractivity contribution in [1.29, 1.82) is 5.26 Å². The number of carbonyl (C=O) groups excluding carboxylic acids is 1. The summed E-state index contributed by atoms with van der Waals surface area (Å²) in [7, 11) is 0. The minimum Gasteiger partial charge on any atom is -0.384 e. The summed E-state index contributed by atoms with van der Waals surface area (Å²) in [6.07, 6.45) is 1.63. The van der Waals surface area contributed by atoms with Crippen molar-refractivity contribution in [3.8, 4) is 6.07 Å². The molecule has 4 heteroatoms. The number of amides is 1. The average molecular weight is 259 g/mol. The predicted octanol–water partition coefficient (Wildman–Crippen LogP) is 2.46. The van der Waals surface area contributed by atoms with Crippen LogP contribution in [-0.4, -0.2) is 12.5 Å². The lowest BCUT2D eigenvalue weighted by Crippen LogP contribution is -2.24. The number of rotatable bonds is 7. The van der Waals surface area contributed by atoms with E-state index in [0.717, 1.165) is 24.2 Å². The van der Waals surface area contributed by atoms with Gasteiger partial charge in [0.25, 0.3) is 0 Å². The Morgan fingerprint density at radius 2 is 2.11 bits per heavy atom. The molecule has 0 saturated carbocycles. The van der Waals surface area contributed by atoms with Crippen molar-refractivity contribution in [1.82, 2.24) is 0 Å². The molecule has 0 aromatic heterocycles. The minimum absolute atomic E-state index is 0.0373.